The summed E-state index contributed by atoms with van der Waals surface area (Å²) in [4.78, 5) is 2.32. The second-order valence-corrected chi connectivity index (χ2v) is 10.4. The molecule has 0 spiro atoms. The second-order valence-electron chi connectivity index (χ2n) is 9.53. The first-order chi connectivity index (χ1) is 19.3. The Hall–Kier alpha value is -4.60. The molecule has 0 aliphatic heterocycles. The number of anilines is 3. The molecular weight excluding hydrogens is 542 g/mol. The van der Waals surface area contributed by atoms with E-state index in [9.17, 15) is 0 Å². The predicted octanol–water partition coefficient (Wildman–Crippen LogP) is 11.2. The number of halogens is 1. The molecule has 0 aliphatic carbocycles. The first-order valence-corrected chi connectivity index (χ1v) is 13.8. The molecular formula is C36H24BrNO. The maximum Gasteiger partial charge on any atom is 0.151 e. The molecule has 0 fully saturated rings. The molecule has 39 heavy (non-hydrogen) atoms. The molecule has 0 bridgehead atoms. The van der Waals surface area contributed by atoms with Crippen molar-refractivity contribution in [2.24, 2.45) is 0 Å². The van der Waals surface area contributed by atoms with Crippen LogP contribution in [-0.4, -0.2) is 0 Å². The van der Waals surface area contributed by atoms with Crippen LogP contribution in [0.15, 0.2) is 154 Å². The van der Waals surface area contributed by atoms with Crippen molar-refractivity contribution in [3.63, 3.8) is 0 Å². The van der Waals surface area contributed by atoms with E-state index in [1.807, 2.05) is 24.3 Å². The van der Waals surface area contributed by atoms with Gasteiger partial charge in [0.25, 0.3) is 0 Å². The maximum atomic E-state index is 6.33. The van der Waals surface area contributed by atoms with Gasteiger partial charge >= 0.3 is 0 Å². The number of hydrogen-bond acceptors (Lipinski definition) is 2. The van der Waals surface area contributed by atoms with Gasteiger partial charge in [-0.1, -0.05) is 103 Å². The summed E-state index contributed by atoms with van der Waals surface area (Å²) in [6, 6.07) is 51.0. The molecule has 0 atom stereocenters. The van der Waals surface area contributed by atoms with E-state index in [0.717, 1.165) is 43.5 Å². The van der Waals surface area contributed by atoms with Gasteiger partial charge in [-0.2, -0.15) is 0 Å². The van der Waals surface area contributed by atoms with Crippen molar-refractivity contribution >= 4 is 54.9 Å². The highest BCUT2D eigenvalue weighted by atomic mass is 79.9. The van der Waals surface area contributed by atoms with Gasteiger partial charge in [-0.15, -0.1) is 0 Å². The minimum absolute atomic E-state index is 0.848. The van der Waals surface area contributed by atoms with Crippen molar-refractivity contribution in [3.05, 3.63) is 150 Å². The maximum absolute atomic E-state index is 6.33. The van der Waals surface area contributed by atoms with E-state index >= 15 is 0 Å². The van der Waals surface area contributed by atoms with Crippen LogP contribution in [0.5, 0.6) is 0 Å². The Morgan fingerprint density at radius 3 is 1.51 bits per heavy atom. The first-order valence-electron chi connectivity index (χ1n) is 13.0. The third-order valence-electron chi connectivity index (χ3n) is 7.16. The molecule has 0 unspecified atom stereocenters. The fourth-order valence-electron chi connectivity index (χ4n) is 5.26. The van der Waals surface area contributed by atoms with E-state index in [1.165, 1.54) is 22.3 Å². The molecule has 186 valence electrons. The largest absolute Gasteiger partial charge is 0.455 e. The Morgan fingerprint density at radius 2 is 0.949 bits per heavy atom. The Labute approximate surface area is 235 Å². The summed E-state index contributed by atoms with van der Waals surface area (Å²) in [5.41, 5.74) is 9.73. The highest BCUT2D eigenvalue weighted by molar-refractivity contribution is 9.10. The van der Waals surface area contributed by atoms with Crippen molar-refractivity contribution in [3.8, 4) is 22.3 Å². The van der Waals surface area contributed by atoms with Crippen LogP contribution >= 0.6 is 15.9 Å². The summed E-state index contributed by atoms with van der Waals surface area (Å²) in [6.07, 6.45) is 0. The van der Waals surface area contributed by atoms with Crippen molar-refractivity contribution in [1.82, 2.24) is 0 Å². The minimum atomic E-state index is 0.848. The van der Waals surface area contributed by atoms with Crippen molar-refractivity contribution in [2.75, 3.05) is 4.90 Å². The third kappa shape index (κ3) is 4.31. The summed E-state index contributed by atoms with van der Waals surface area (Å²) in [5.74, 6) is 0. The predicted molar refractivity (Wildman–Crippen MR) is 167 cm³/mol. The molecule has 7 rings (SSSR count). The summed E-state index contributed by atoms with van der Waals surface area (Å²) in [5, 5.41) is 2.18. The number of hydrogen-bond donors (Lipinski definition) is 0. The fraction of sp³-hybridized carbons (Fsp3) is 0. The zero-order valence-corrected chi connectivity index (χ0v) is 22.7. The smallest absolute Gasteiger partial charge is 0.151 e. The number of fused-ring (bicyclic) bond motifs is 3. The quantitative estimate of drug-likeness (QED) is 0.206. The molecule has 0 saturated carbocycles. The van der Waals surface area contributed by atoms with Crippen LogP contribution < -0.4 is 4.90 Å². The van der Waals surface area contributed by atoms with Gasteiger partial charge < -0.3 is 9.32 Å². The Bertz CT molecular complexity index is 1810. The molecule has 0 radical (unpaired) electrons. The average Bonchev–Trinajstić information content (AvgIpc) is 3.41. The molecule has 0 saturated heterocycles. The zero-order valence-electron chi connectivity index (χ0n) is 21.1. The second kappa shape index (κ2) is 9.94. The van der Waals surface area contributed by atoms with Gasteiger partial charge in [0.05, 0.1) is 15.5 Å². The lowest BCUT2D eigenvalue weighted by molar-refractivity contribution is 0.667. The van der Waals surface area contributed by atoms with Gasteiger partial charge in [0.15, 0.2) is 5.58 Å². The van der Waals surface area contributed by atoms with Gasteiger partial charge in [-0.25, -0.2) is 0 Å². The van der Waals surface area contributed by atoms with Crippen LogP contribution in [0.3, 0.4) is 0 Å². The minimum Gasteiger partial charge on any atom is -0.455 e. The Balaban J connectivity index is 1.42. The average molecular weight is 566 g/mol. The van der Waals surface area contributed by atoms with Gasteiger partial charge in [0, 0.05) is 16.8 Å². The van der Waals surface area contributed by atoms with Crippen molar-refractivity contribution in [2.45, 2.75) is 0 Å². The van der Waals surface area contributed by atoms with E-state index in [1.54, 1.807) is 0 Å². The van der Waals surface area contributed by atoms with E-state index in [-0.39, 0.29) is 0 Å². The summed E-state index contributed by atoms with van der Waals surface area (Å²) >= 11 is 3.73. The van der Waals surface area contributed by atoms with E-state index < -0.39 is 0 Å². The van der Waals surface area contributed by atoms with Crippen LogP contribution in [0.4, 0.5) is 17.1 Å². The number of para-hydroxylation sites is 1. The monoisotopic (exact) mass is 565 g/mol. The van der Waals surface area contributed by atoms with Crippen LogP contribution in [0, 0.1) is 0 Å². The Kier molecular flexibility index (Phi) is 5.99. The lowest BCUT2D eigenvalue weighted by Crippen LogP contribution is -2.10. The van der Waals surface area contributed by atoms with Crippen molar-refractivity contribution < 1.29 is 4.42 Å². The normalized spacial score (nSPS) is 11.2. The van der Waals surface area contributed by atoms with Crippen LogP contribution in [0.2, 0.25) is 0 Å². The van der Waals surface area contributed by atoms with Crippen LogP contribution in [0.25, 0.3) is 44.2 Å². The summed E-state index contributed by atoms with van der Waals surface area (Å²) in [7, 11) is 0. The molecule has 0 N–H and O–H groups in total. The van der Waals surface area contributed by atoms with Gasteiger partial charge in [-0.3, -0.25) is 0 Å². The topological polar surface area (TPSA) is 16.4 Å². The lowest BCUT2D eigenvalue weighted by atomic mass is 10.0. The molecule has 2 nitrogen and oxygen atoms in total. The SMILES string of the molecule is Brc1ccc(N(c2ccc(-c3ccccc3)cc2)c2ccc(-c3ccccc3)cc2)c2c1oc1ccccc12. The molecule has 0 amide bonds. The number of benzene rings is 6. The lowest BCUT2D eigenvalue weighted by Gasteiger charge is -2.27. The van der Waals surface area contributed by atoms with Gasteiger partial charge in [-0.05, 0) is 80.6 Å². The van der Waals surface area contributed by atoms with Gasteiger partial charge in [0.2, 0.25) is 0 Å². The highest BCUT2D eigenvalue weighted by Crippen LogP contribution is 2.45. The number of furan rings is 1. The van der Waals surface area contributed by atoms with E-state index in [2.05, 4.69) is 142 Å². The zero-order chi connectivity index (χ0) is 26.2. The molecule has 6 aromatic carbocycles. The number of rotatable bonds is 5. The third-order valence-corrected chi connectivity index (χ3v) is 7.79. The number of nitrogens with zero attached hydrogens (tertiary/aromatic N) is 1. The molecule has 0 aliphatic rings. The van der Waals surface area contributed by atoms with E-state index in [0.29, 0.717) is 0 Å². The van der Waals surface area contributed by atoms with Crippen molar-refractivity contribution in [1.29, 1.82) is 0 Å². The fourth-order valence-corrected chi connectivity index (χ4v) is 5.67. The first kappa shape index (κ1) is 23.5. The highest BCUT2D eigenvalue weighted by Gasteiger charge is 2.21. The standard InChI is InChI=1S/C36H24BrNO/c37-32-23-24-33(35-31-13-7-8-14-34(31)39-36(32)35)38(29-19-15-27(16-20-29)25-9-3-1-4-10-25)30-21-17-28(18-22-30)26-11-5-2-6-12-26/h1-24H. The molecule has 7 aromatic rings. The van der Waals surface area contributed by atoms with Gasteiger partial charge in [0.1, 0.15) is 5.58 Å². The summed E-state index contributed by atoms with van der Waals surface area (Å²) < 4.78 is 7.27. The molecule has 1 aromatic heterocycles. The van der Waals surface area contributed by atoms with E-state index in [4.69, 9.17) is 4.42 Å². The van der Waals surface area contributed by atoms with Crippen LogP contribution in [-0.2, 0) is 0 Å². The Morgan fingerprint density at radius 1 is 0.462 bits per heavy atom. The molecule has 1 heterocycles. The summed E-state index contributed by atoms with van der Waals surface area (Å²) in [6.45, 7) is 0. The van der Waals surface area contributed by atoms with Crippen LogP contribution in [0.1, 0.15) is 0 Å². The molecule has 3 heteroatoms.